The quantitative estimate of drug-likeness (QED) is 0.928. The Labute approximate surface area is 115 Å². The van der Waals surface area contributed by atoms with Gasteiger partial charge in [0.1, 0.15) is 0 Å². The zero-order chi connectivity index (χ0) is 13.2. The molecule has 5 heteroatoms. The fourth-order valence-electron chi connectivity index (χ4n) is 2.51. The van der Waals surface area contributed by atoms with Gasteiger partial charge in [-0.1, -0.05) is 6.92 Å². The molecule has 2 heterocycles. The second-order valence-electron chi connectivity index (χ2n) is 4.91. The molecule has 0 aromatic carbocycles. The first-order chi connectivity index (χ1) is 8.55. The Hall–Kier alpha value is -0.940. The van der Waals surface area contributed by atoms with Crippen LogP contribution in [0.1, 0.15) is 25.3 Å². The third kappa shape index (κ3) is 2.72. The van der Waals surface area contributed by atoms with Gasteiger partial charge in [0.15, 0.2) is 0 Å². The van der Waals surface area contributed by atoms with Crippen molar-refractivity contribution in [3.63, 3.8) is 0 Å². The molecule has 0 spiro atoms. The molecule has 0 radical (unpaired) electrons. The number of aromatic nitrogens is 1. The van der Waals surface area contributed by atoms with E-state index in [1.807, 2.05) is 19.2 Å². The van der Waals surface area contributed by atoms with E-state index in [2.05, 4.69) is 25.8 Å². The molecule has 4 nitrogen and oxygen atoms in total. The van der Waals surface area contributed by atoms with Crippen molar-refractivity contribution in [1.29, 1.82) is 0 Å². The average Bonchev–Trinajstić information content (AvgIpc) is 2.74. The predicted molar refractivity (Wildman–Crippen MR) is 72.2 cm³/mol. The van der Waals surface area contributed by atoms with Crippen molar-refractivity contribution in [3.8, 4) is 0 Å². The smallest absolute Gasteiger partial charge is 0.310 e. The van der Waals surface area contributed by atoms with Crippen LogP contribution in [0.5, 0.6) is 0 Å². The lowest BCUT2D eigenvalue weighted by Crippen LogP contribution is -2.33. The van der Waals surface area contributed by atoms with Gasteiger partial charge in [0.05, 0.1) is 5.41 Å². The van der Waals surface area contributed by atoms with Crippen LogP contribution in [-0.2, 0) is 11.3 Å². The summed E-state index contributed by atoms with van der Waals surface area (Å²) in [6.07, 6.45) is 5.01. The molecule has 98 valence electrons. The zero-order valence-electron chi connectivity index (χ0n) is 10.4. The van der Waals surface area contributed by atoms with Gasteiger partial charge in [0.25, 0.3) is 0 Å². The van der Waals surface area contributed by atoms with Crippen LogP contribution in [0.2, 0.25) is 0 Å². The van der Waals surface area contributed by atoms with E-state index < -0.39 is 11.4 Å². The number of halogens is 1. The van der Waals surface area contributed by atoms with Gasteiger partial charge in [-0.25, -0.2) is 0 Å². The van der Waals surface area contributed by atoms with Crippen molar-refractivity contribution in [2.45, 2.75) is 26.3 Å². The van der Waals surface area contributed by atoms with Gasteiger partial charge in [-0.15, -0.1) is 0 Å². The van der Waals surface area contributed by atoms with Crippen molar-refractivity contribution in [2.24, 2.45) is 5.41 Å². The number of hydrogen-bond donors (Lipinski definition) is 1. The molecule has 1 N–H and O–H groups in total. The van der Waals surface area contributed by atoms with Gasteiger partial charge in [0.2, 0.25) is 0 Å². The van der Waals surface area contributed by atoms with Gasteiger partial charge in [0, 0.05) is 30.0 Å². The van der Waals surface area contributed by atoms with Gasteiger partial charge < -0.3 is 5.11 Å². The summed E-state index contributed by atoms with van der Waals surface area (Å²) in [5, 5.41) is 9.35. The molecule has 0 bridgehead atoms. The van der Waals surface area contributed by atoms with E-state index in [1.165, 1.54) is 0 Å². The van der Waals surface area contributed by atoms with Crippen molar-refractivity contribution in [3.05, 3.63) is 28.5 Å². The first kappa shape index (κ1) is 13.5. The third-order valence-corrected chi connectivity index (χ3v) is 4.16. The minimum absolute atomic E-state index is 0.556. The summed E-state index contributed by atoms with van der Waals surface area (Å²) in [4.78, 5) is 17.7. The van der Waals surface area contributed by atoms with Crippen LogP contribution in [0.15, 0.2) is 22.9 Å². The third-order valence-electron chi connectivity index (χ3n) is 3.73. The number of carbonyl (C=O) groups is 1. The van der Waals surface area contributed by atoms with Crippen molar-refractivity contribution in [2.75, 3.05) is 13.1 Å². The summed E-state index contributed by atoms with van der Waals surface area (Å²) in [6.45, 7) is 4.19. The van der Waals surface area contributed by atoms with Gasteiger partial charge in [-0.2, -0.15) is 0 Å². The molecule has 1 aliphatic rings. The summed E-state index contributed by atoms with van der Waals surface area (Å²) >= 11 is 3.40. The fourth-order valence-corrected chi connectivity index (χ4v) is 2.92. The van der Waals surface area contributed by atoms with Crippen LogP contribution in [0.3, 0.4) is 0 Å². The maximum absolute atomic E-state index is 11.4. The molecule has 1 saturated heterocycles. The number of likely N-dealkylation sites (tertiary alicyclic amines) is 1. The minimum atomic E-state index is -0.667. The van der Waals surface area contributed by atoms with E-state index in [1.54, 1.807) is 6.20 Å². The van der Waals surface area contributed by atoms with E-state index in [0.29, 0.717) is 13.0 Å². The monoisotopic (exact) mass is 312 g/mol. The average molecular weight is 313 g/mol. The number of carboxylic acid groups (broad SMARTS) is 1. The number of hydrogen-bond acceptors (Lipinski definition) is 3. The largest absolute Gasteiger partial charge is 0.481 e. The van der Waals surface area contributed by atoms with E-state index in [4.69, 9.17) is 0 Å². The standard InChI is InChI=1S/C13H17BrN2O2/c1-2-13(12(17)18)3-4-16(9-13)8-10-5-11(14)7-15-6-10/h5-7H,2-4,8-9H2,1H3,(H,17,18). The van der Waals surface area contributed by atoms with Gasteiger partial charge >= 0.3 is 5.97 Å². The van der Waals surface area contributed by atoms with Crippen molar-refractivity contribution in [1.82, 2.24) is 9.88 Å². The normalized spacial score (nSPS) is 24.3. The van der Waals surface area contributed by atoms with E-state index in [0.717, 1.165) is 29.5 Å². The predicted octanol–water partition coefficient (Wildman–Crippen LogP) is 2.53. The van der Waals surface area contributed by atoms with Gasteiger partial charge in [-0.05, 0) is 46.9 Å². The zero-order valence-corrected chi connectivity index (χ0v) is 12.0. The topological polar surface area (TPSA) is 53.4 Å². The highest BCUT2D eigenvalue weighted by Gasteiger charge is 2.42. The maximum atomic E-state index is 11.4. The van der Waals surface area contributed by atoms with Crippen LogP contribution >= 0.6 is 15.9 Å². The van der Waals surface area contributed by atoms with Crippen LogP contribution in [0.4, 0.5) is 0 Å². The first-order valence-electron chi connectivity index (χ1n) is 6.11. The Kier molecular flexibility index (Phi) is 4.02. The fraction of sp³-hybridized carbons (Fsp3) is 0.538. The summed E-state index contributed by atoms with van der Waals surface area (Å²) in [6, 6.07) is 2.03. The second-order valence-corrected chi connectivity index (χ2v) is 5.83. The highest BCUT2D eigenvalue weighted by atomic mass is 79.9. The summed E-state index contributed by atoms with van der Waals surface area (Å²) in [5.41, 5.74) is 0.557. The Morgan fingerprint density at radius 1 is 1.61 bits per heavy atom. The Bertz CT molecular complexity index is 452. The minimum Gasteiger partial charge on any atom is -0.481 e. The number of rotatable bonds is 4. The molecular formula is C13H17BrN2O2. The lowest BCUT2D eigenvalue weighted by atomic mass is 9.84. The van der Waals surface area contributed by atoms with Crippen LogP contribution in [0, 0.1) is 5.41 Å². The van der Waals surface area contributed by atoms with Crippen LogP contribution < -0.4 is 0 Å². The lowest BCUT2D eigenvalue weighted by Gasteiger charge is -2.23. The second kappa shape index (κ2) is 5.36. The molecule has 1 atom stereocenters. The van der Waals surface area contributed by atoms with Crippen molar-refractivity contribution < 1.29 is 9.90 Å². The Morgan fingerprint density at radius 3 is 2.94 bits per heavy atom. The van der Waals surface area contributed by atoms with Crippen molar-refractivity contribution >= 4 is 21.9 Å². The SMILES string of the molecule is CCC1(C(=O)O)CCN(Cc2cncc(Br)c2)C1. The highest BCUT2D eigenvalue weighted by molar-refractivity contribution is 9.10. The molecular weight excluding hydrogens is 296 g/mol. The number of carboxylic acids is 1. The molecule has 18 heavy (non-hydrogen) atoms. The molecule has 0 aliphatic carbocycles. The van der Waals surface area contributed by atoms with E-state index >= 15 is 0 Å². The Morgan fingerprint density at radius 2 is 2.39 bits per heavy atom. The molecule has 1 aliphatic heterocycles. The molecule has 0 amide bonds. The van der Waals surface area contributed by atoms with E-state index in [-0.39, 0.29) is 0 Å². The molecule has 0 saturated carbocycles. The number of aliphatic carboxylic acids is 1. The Balaban J connectivity index is 2.03. The van der Waals surface area contributed by atoms with E-state index in [9.17, 15) is 9.90 Å². The van der Waals surface area contributed by atoms with Crippen LogP contribution in [0.25, 0.3) is 0 Å². The highest BCUT2D eigenvalue weighted by Crippen LogP contribution is 2.34. The number of pyridine rings is 1. The summed E-state index contributed by atoms with van der Waals surface area (Å²) in [7, 11) is 0. The molecule has 1 fully saturated rings. The molecule has 1 aromatic rings. The van der Waals surface area contributed by atoms with Gasteiger partial charge in [-0.3, -0.25) is 14.7 Å². The maximum Gasteiger partial charge on any atom is 0.310 e. The molecule has 2 rings (SSSR count). The summed E-state index contributed by atoms with van der Waals surface area (Å²) in [5.74, 6) is -0.667. The molecule has 1 aromatic heterocycles. The first-order valence-corrected chi connectivity index (χ1v) is 6.90. The molecule has 1 unspecified atom stereocenters. The summed E-state index contributed by atoms with van der Waals surface area (Å²) < 4.78 is 0.958. The number of nitrogens with zero attached hydrogens (tertiary/aromatic N) is 2. The lowest BCUT2D eigenvalue weighted by molar-refractivity contribution is -0.148. The van der Waals surface area contributed by atoms with Crippen LogP contribution in [-0.4, -0.2) is 34.0 Å².